The molecule has 0 bridgehead atoms. The van der Waals surface area contributed by atoms with E-state index in [0.29, 0.717) is 0 Å². The minimum absolute atomic E-state index is 0.206. The van der Waals surface area contributed by atoms with Crippen LogP contribution in [0.25, 0.3) is 0 Å². The number of anilines is 1. The Labute approximate surface area is 84.5 Å². The van der Waals surface area contributed by atoms with Crippen LogP contribution in [0.15, 0.2) is 18.2 Å². The van der Waals surface area contributed by atoms with Crippen LogP contribution in [0.3, 0.4) is 0 Å². The first-order valence-corrected chi connectivity index (χ1v) is 4.13. The zero-order valence-corrected chi connectivity index (χ0v) is 7.67. The van der Waals surface area contributed by atoms with Crippen LogP contribution < -0.4 is 5.32 Å². The quantitative estimate of drug-likeness (QED) is 0.806. The van der Waals surface area contributed by atoms with Gasteiger partial charge in [-0.05, 0) is 12.1 Å². The first-order chi connectivity index (χ1) is 7.13. The third-order valence-electron chi connectivity index (χ3n) is 1.49. The first kappa shape index (κ1) is 11.4. The number of aliphatic hydroxyl groups excluding tert-OH is 1. The lowest BCUT2D eigenvalue weighted by molar-refractivity contribution is 0.131. The molecule has 0 heterocycles. The van der Waals surface area contributed by atoms with Gasteiger partial charge in [0.2, 0.25) is 0 Å². The molecule has 0 radical (unpaired) electrons. The van der Waals surface area contributed by atoms with Gasteiger partial charge in [-0.2, -0.15) is 0 Å². The van der Waals surface area contributed by atoms with Gasteiger partial charge in [0.25, 0.3) is 0 Å². The maximum Gasteiger partial charge on any atom is 0.411 e. The summed E-state index contributed by atoms with van der Waals surface area (Å²) in [7, 11) is 0. The summed E-state index contributed by atoms with van der Waals surface area (Å²) in [5.41, 5.74) is -0.307. The van der Waals surface area contributed by atoms with Gasteiger partial charge in [0, 0.05) is 6.07 Å². The van der Waals surface area contributed by atoms with Crippen molar-refractivity contribution >= 4 is 11.8 Å². The lowest BCUT2D eigenvalue weighted by Gasteiger charge is -2.06. The van der Waals surface area contributed by atoms with Crippen LogP contribution in [0.5, 0.6) is 0 Å². The van der Waals surface area contributed by atoms with Gasteiger partial charge in [0.15, 0.2) is 0 Å². The highest BCUT2D eigenvalue weighted by Crippen LogP contribution is 2.15. The largest absolute Gasteiger partial charge is 0.447 e. The molecule has 4 nitrogen and oxygen atoms in total. The average molecular weight is 217 g/mol. The monoisotopic (exact) mass is 217 g/mol. The maximum atomic E-state index is 13.0. The van der Waals surface area contributed by atoms with E-state index in [1.54, 1.807) is 0 Å². The number of hydrogen-bond donors (Lipinski definition) is 2. The Morgan fingerprint density at radius 1 is 1.47 bits per heavy atom. The van der Waals surface area contributed by atoms with Gasteiger partial charge in [-0.1, -0.05) is 0 Å². The molecule has 0 spiro atoms. The molecule has 0 saturated heterocycles. The summed E-state index contributed by atoms with van der Waals surface area (Å²) < 4.78 is 30.0. The smallest absolute Gasteiger partial charge is 0.411 e. The van der Waals surface area contributed by atoms with Gasteiger partial charge in [0.1, 0.15) is 18.2 Å². The fourth-order valence-corrected chi connectivity index (χ4v) is 0.878. The van der Waals surface area contributed by atoms with Crippen molar-refractivity contribution in [3.63, 3.8) is 0 Å². The van der Waals surface area contributed by atoms with Gasteiger partial charge in [0.05, 0.1) is 12.3 Å². The summed E-state index contributed by atoms with van der Waals surface area (Å²) in [6.07, 6.45) is -0.950. The molecule has 1 amide bonds. The topological polar surface area (TPSA) is 58.6 Å². The van der Waals surface area contributed by atoms with Crippen LogP contribution in [0.1, 0.15) is 0 Å². The highest BCUT2D eigenvalue weighted by atomic mass is 19.1. The SMILES string of the molecule is O=C(Nc1cc(F)ccc1F)OCCO. The third-order valence-corrected chi connectivity index (χ3v) is 1.49. The molecule has 0 saturated carbocycles. The Kier molecular flexibility index (Phi) is 3.99. The van der Waals surface area contributed by atoms with Gasteiger partial charge in [-0.25, -0.2) is 13.6 Å². The molecular weight excluding hydrogens is 208 g/mol. The van der Waals surface area contributed by atoms with Crippen molar-refractivity contribution in [2.75, 3.05) is 18.5 Å². The second-order valence-corrected chi connectivity index (χ2v) is 2.61. The number of amides is 1. The minimum atomic E-state index is -0.950. The number of carbonyl (C=O) groups excluding carboxylic acids is 1. The van der Waals surface area contributed by atoms with E-state index in [2.05, 4.69) is 4.74 Å². The molecule has 0 unspecified atom stereocenters. The van der Waals surface area contributed by atoms with Crippen molar-refractivity contribution in [3.8, 4) is 0 Å². The number of ether oxygens (including phenoxy) is 1. The lowest BCUT2D eigenvalue weighted by Crippen LogP contribution is -2.16. The Hall–Kier alpha value is -1.69. The molecule has 0 aromatic heterocycles. The molecule has 1 rings (SSSR count). The van der Waals surface area contributed by atoms with Crippen molar-refractivity contribution in [3.05, 3.63) is 29.8 Å². The Morgan fingerprint density at radius 3 is 2.87 bits per heavy atom. The summed E-state index contributed by atoms with van der Waals surface area (Å²) in [4.78, 5) is 10.9. The Morgan fingerprint density at radius 2 is 2.20 bits per heavy atom. The molecule has 0 aliphatic heterocycles. The van der Waals surface area contributed by atoms with E-state index in [1.807, 2.05) is 5.32 Å². The standard InChI is InChI=1S/C9H9F2NO3/c10-6-1-2-7(11)8(5-6)12-9(14)15-4-3-13/h1-2,5,13H,3-4H2,(H,12,14). The van der Waals surface area contributed by atoms with E-state index >= 15 is 0 Å². The molecule has 0 aliphatic rings. The number of aliphatic hydroxyl groups is 1. The molecule has 82 valence electrons. The molecule has 2 N–H and O–H groups in total. The fraction of sp³-hybridized carbons (Fsp3) is 0.222. The Balaban J connectivity index is 2.63. The number of halogens is 2. The minimum Gasteiger partial charge on any atom is -0.447 e. The van der Waals surface area contributed by atoms with E-state index in [0.717, 1.165) is 18.2 Å². The van der Waals surface area contributed by atoms with Gasteiger partial charge < -0.3 is 9.84 Å². The van der Waals surface area contributed by atoms with Gasteiger partial charge in [-0.15, -0.1) is 0 Å². The maximum absolute atomic E-state index is 13.0. The molecule has 1 aromatic carbocycles. The van der Waals surface area contributed by atoms with Crippen molar-refractivity contribution in [1.82, 2.24) is 0 Å². The summed E-state index contributed by atoms with van der Waals surface area (Å²) in [6.45, 7) is -0.540. The third kappa shape index (κ3) is 3.51. The molecule has 6 heteroatoms. The highest BCUT2D eigenvalue weighted by molar-refractivity contribution is 5.84. The first-order valence-electron chi connectivity index (χ1n) is 4.13. The van der Waals surface area contributed by atoms with Crippen LogP contribution in [0, 0.1) is 11.6 Å². The van der Waals surface area contributed by atoms with Crippen LogP contribution in [0.4, 0.5) is 19.3 Å². The van der Waals surface area contributed by atoms with Crippen LogP contribution in [-0.4, -0.2) is 24.4 Å². The highest BCUT2D eigenvalue weighted by Gasteiger charge is 2.08. The Bertz CT molecular complexity index is 357. The molecule has 15 heavy (non-hydrogen) atoms. The second-order valence-electron chi connectivity index (χ2n) is 2.61. The molecule has 0 fully saturated rings. The predicted molar refractivity (Wildman–Crippen MR) is 48.4 cm³/mol. The molecule has 0 atom stereocenters. The van der Waals surface area contributed by atoms with Crippen LogP contribution in [-0.2, 0) is 4.74 Å². The van der Waals surface area contributed by atoms with E-state index in [4.69, 9.17) is 5.11 Å². The number of rotatable bonds is 3. The van der Waals surface area contributed by atoms with E-state index in [1.165, 1.54) is 0 Å². The second kappa shape index (κ2) is 5.26. The molecular formula is C9H9F2NO3. The van der Waals surface area contributed by atoms with E-state index in [9.17, 15) is 13.6 Å². The van der Waals surface area contributed by atoms with Crippen molar-refractivity contribution in [1.29, 1.82) is 0 Å². The molecule has 1 aromatic rings. The number of hydrogen-bond acceptors (Lipinski definition) is 3. The number of benzene rings is 1. The number of carbonyl (C=O) groups is 1. The summed E-state index contributed by atoms with van der Waals surface area (Å²) in [6, 6.07) is 2.64. The van der Waals surface area contributed by atoms with E-state index < -0.39 is 17.7 Å². The summed E-state index contributed by atoms with van der Waals surface area (Å²) >= 11 is 0. The fourth-order valence-electron chi connectivity index (χ4n) is 0.878. The van der Waals surface area contributed by atoms with Crippen molar-refractivity contribution in [2.45, 2.75) is 0 Å². The lowest BCUT2D eigenvalue weighted by atomic mass is 10.3. The summed E-state index contributed by atoms with van der Waals surface area (Å²) in [5, 5.41) is 10.3. The number of nitrogens with one attached hydrogen (secondary N) is 1. The average Bonchev–Trinajstić information content (AvgIpc) is 2.20. The van der Waals surface area contributed by atoms with E-state index in [-0.39, 0.29) is 18.9 Å². The predicted octanol–water partition coefficient (Wildman–Crippen LogP) is 1.51. The van der Waals surface area contributed by atoms with Crippen LogP contribution in [0.2, 0.25) is 0 Å². The van der Waals surface area contributed by atoms with Crippen molar-refractivity contribution in [2.24, 2.45) is 0 Å². The summed E-state index contributed by atoms with van der Waals surface area (Å²) in [5.74, 6) is -1.44. The van der Waals surface area contributed by atoms with Gasteiger partial charge >= 0.3 is 6.09 Å². The normalized spacial score (nSPS) is 9.80. The van der Waals surface area contributed by atoms with Crippen LogP contribution >= 0.6 is 0 Å². The molecule has 0 aliphatic carbocycles. The zero-order chi connectivity index (χ0) is 11.3. The zero-order valence-electron chi connectivity index (χ0n) is 7.67. The van der Waals surface area contributed by atoms with Gasteiger partial charge in [-0.3, -0.25) is 5.32 Å². The van der Waals surface area contributed by atoms with Crippen molar-refractivity contribution < 1.29 is 23.4 Å².